The van der Waals surface area contributed by atoms with Crippen molar-refractivity contribution < 1.29 is 32.8 Å². The van der Waals surface area contributed by atoms with Gasteiger partial charge in [0.1, 0.15) is 4.75 Å². The number of aliphatic carboxylic acids is 2. The molecule has 20 heavy (non-hydrogen) atoms. The van der Waals surface area contributed by atoms with E-state index in [-0.39, 0.29) is 5.92 Å². The van der Waals surface area contributed by atoms with Gasteiger partial charge in [-0.15, -0.1) is 0 Å². The normalized spacial score (nSPS) is 16.4. The number of hydrogen-bond donors (Lipinski definition) is 1. The third kappa shape index (κ3) is 4.75. The molecule has 0 aliphatic heterocycles. The van der Waals surface area contributed by atoms with Gasteiger partial charge < -0.3 is 19.8 Å². The smallest absolute Gasteiger partial charge is 0.276 e. The summed E-state index contributed by atoms with van der Waals surface area (Å²) in [5.74, 6) is -4.31. The number of unbranched alkanes of at least 4 members (excludes halogenated alkanes) is 1. The Morgan fingerprint density at radius 1 is 1.25 bits per heavy atom. The van der Waals surface area contributed by atoms with Gasteiger partial charge in [0.2, 0.25) is 0 Å². The molecule has 0 fully saturated rings. The second-order valence-electron chi connectivity index (χ2n) is 4.93. The Labute approximate surface area is 118 Å². The first-order chi connectivity index (χ1) is 9.10. The second-order valence-corrected chi connectivity index (χ2v) is 6.66. The predicted octanol–water partition coefficient (Wildman–Crippen LogP) is -0.891. The van der Waals surface area contributed by atoms with E-state index < -0.39 is 39.6 Å². The quantitative estimate of drug-likeness (QED) is 0.517. The average Bonchev–Trinajstić information content (AvgIpc) is 2.30. The van der Waals surface area contributed by atoms with E-state index >= 15 is 0 Å². The molecule has 0 saturated heterocycles. The molecule has 0 aliphatic rings. The third-order valence-electron chi connectivity index (χ3n) is 3.46. The maximum Gasteiger partial charge on any atom is 0.276 e. The Kier molecular flexibility index (Phi) is 7.15. The molecule has 0 heterocycles. The van der Waals surface area contributed by atoms with Crippen molar-refractivity contribution in [2.75, 3.05) is 0 Å². The lowest BCUT2D eigenvalue weighted by atomic mass is 9.86. The minimum atomic E-state index is -5.13. The van der Waals surface area contributed by atoms with E-state index in [4.69, 9.17) is 0 Å². The van der Waals surface area contributed by atoms with Gasteiger partial charge in [-0.2, -0.15) is 8.42 Å². The van der Waals surface area contributed by atoms with Gasteiger partial charge in [-0.1, -0.05) is 39.5 Å². The standard InChI is InChI=1S/C12H22O7S/c1-3-5-6-9(4-2)7-12(11(15)16,8-10(13)14)20(17,18)19/h9H,3-8H2,1-2H3,(H,13,14)(H,15,16)(H,17,18,19)/p-2. The molecule has 0 aromatic rings. The molecule has 0 aromatic heterocycles. The molecular formula is C12H20O7S-2. The van der Waals surface area contributed by atoms with Crippen LogP contribution >= 0.6 is 0 Å². The zero-order valence-corrected chi connectivity index (χ0v) is 12.4. The first kappa shape index (κ1) is 18.9. The molecule has 7 nitrogen and oxygen atoms in total. The minimum Gasteiger partial charge on any atom is -0.550 e. The van der Waals surface area contributed by atoms with Crippen molar-refractivity contribution in [3.8, 4) is 0 Å². The minimum absolute atomic E-state index is 0.339. The van der Waals surface area contributed by atoms with Crippen molar-refractivity contribution in [2.45, 2.75) is 57.1 Å². The zero-order chi connectivity index (χ0) is 16.0. The lowest BCUT2D eigenvalue weighted by Gasteiger charge is -2.35. The molecule has 8 heteroatoms. The summed E-state index contributed by atoms with van der Waals surface area (Å²) >= 11 is 0. The number of carboxylic acid groups (broad SMARTS) is 2. The van der Waals surface area contributed by atoms with Gasteiger partial charge in [0.05, 0.1) is 5.97 Å². The SMILES string of the molecule is CCCCC(CC)CC(CC(=O)[O-])(C(=O)[O-])S(=O)(=O)O. The fourth-order valence-corrected chi connectivity index (χ4v) is 3.13. The second kappa shape index (κ2) is 7.58. The highest BCUT2D eigenvalue weighted by Crippen LogP contribution is 2.32. The molecule has 2 atom stereocenters. The Balaban J connectivity index is 5.50. The van der Waals surface area contributed by atoms with Crippen LogP contribution in [0.1, 0.15) is 52.4 Å². The lowest BCUT2D eigenvalue weighted by molar-refractivity contribution is -0.319. The lowest BCUT2D eigenvalue weighted by Crippen LogP contribution is -2.57. The number of hydrogen-bond acceptors (Lipinski definition) is 6. The summed E-state index contributed by atoms with van der Waals surface area (Å²) in [7, 11) is -5.13. The monoisotopic (exact) mass is 308 g/mol. The van der Waals surface area contributed by atoms with Crippen molar-refractivity contribution in [3.05, 3.63) is 0 Å². The van der Waals surface area contributed by atoms with E-state index in [9.17, 15) is 32.8 Å². The first-order valence-corrected chi connectivity index (χ1v) is 7.93. The van der Waals surface area contributed by atoms with Crippen molar-refractivity contribution in [1.82, 2.24) is 0 Å². The van der Waals surface area contributed by atoms with Crippen LogP contribution in [0.5, 0.6) is 0 Å². The summed E-state index contributed by atoms with van der Waals surface area (Å²) < 4.78 is 29.1. The Morgan fingerprint density at radius 3 is 2.10 bits per heavy atom. The average molecular weight is 308 g/mol. The van der Waals surface area contributed by atoms with Crippen molar-refractivity contribution in [2.24, 2.45) is 5.92 Å². The molecule has 0 bridgehead atoms. The maximum absolute atomic E-state index is 11.4. The highest BCUT2D eigenvalue weighted by Gasteiger charge is 2.46. The van der Waals surface area contributed by atoms with E-state index in [2.05, 4.69) is 0 Å². The van der Waals surface area contributed by atoms with Gasteiger partial charge in [-0.25, -0.2) is 0 Å². The van der Waals surface area contributed by atoms with Crippen LogP contribution in [0.2, 0.25) is 0 Å². The van der Waals surface area contributed by atoms with E-state index in [1.54, 1.807) is 6.92 Å². The van der Waals surface area contributed by atoms with Crippen LogP contribution in [-0.2, 0) is 19.7 Å². The molecule has 118 valence electrons. The van der Waals surface area contributed by atoms with Crippen molar-refractivity contribution in [1.29, 1.82) is 0 Å². The Morgan fingerprint density at radius 2 is 1.80 bits per heavy atom. The highest BCUT2D eigenvalue weighted by molar-refractivity contribution is 7.88. The highest BCUT2D eigenvalue weighted by atomic mass is 32.2. The number of carbonyl (C=O) groups is 2. The van der Waals surface area contributed by atoms with Crippen molar-refractivity contribution in [3.63, 3.8) is 0 Å². The maximum atomic E-state index is 11.4. The largest absolute Gasteiger partial charge is 0.550 e. The van der Waals surface area contributed by atoms with Gasteiger partial charge in [0.15, 0.2) is 0 Å². The molecule has 1 N–H and O–H groups in total. The number of carbonyl (C=O) groups excluding carboxylic acids is 2. The predicted molar refractivity (Wildman–Crippen MR) is 66.8 cm³/mol. The first-order valence-electron chi connectivity index (χ1n) is 6.49. The van der Waals surface area contributed by atoms with Crippen LogP contribution in [0.4, 0.5) is 0 Å². The molecule has 0 rings (SSSR count). The fourth-order valence-electron chi connectivity index (χ4n) is 2.17. The summed E-state index contributed by atoms with van der Waals surface area (Å²) in [4.78, 5) is 21.9. The summed E-state index contributed by atoms with van der Waals surface area (Å²) in [5.41, 5.74) is 0. The van der Waals surface area contributed by atoms with Gasteiger partial charge in [-0.3, -0.25) is 4.55 Å². The van der Waals surface area contributed by atoms with Crippen LogP contribution in [-0.4, -0.2) is 29.7 Å². The topological polar surface area (TPSA) is 135 Å². The van der Waals surface area contributed by atoms with Crippen LogP contribution in [0, 0.1) is 5.92 Å². The Hall–Kier alpha value is -1.15. The van der Waals surface area contributed by atoms with Crippen LogP contribution in [0.15, 0.2) is 0 Å². The number of carboxylic acids is 2. The molecule has 0 amide bonds. The van der Waals surface area contributed by atoms with E-state index in [1.165, 1.54) is 0 Å². The molecule has 0 aromatic carbocycles. The van der Waals surface area contributed by atoms with Crippen LogP contribution < -0.4 is 10.2 Å². The molecule has 0 radical (unpaired) electrons. The van der Waals surface area contributed by atoms with Gasteiger partial charge in [0, 0.05) is 12.4 Å². The van der Waals surface area contributed by atoms with E-state index in [0.29, 0.717) is 12.8 Å². The molecule has 0 spiro atoms. The van der Waals surface area contributed by atoms with Crippen LogP contribution in [0.25, 0.3) is 0 Å². The molecular weight excluding hydrogens is 288 g/mol. The van der Waals surface area contributed by atoms with E-state index in [0.717, 1.165) is 12.8 Å². The van der Waals surface area contributed by atoms with Gasteiger partial charge in [0.25, 0.3) is 10.1 Å². The van der Waals surface area contributed by atoms with Gasteiger partial charge >= 0.3 is 0 Å². The zero-order valence-electron chi connectivity index (χ0n) is 11.6. The summed E-state index contributed by atoms with van der Waals surface area (Å²) in [6.07, 6.45) is 0.775. The third-order valence-corrected chi connectivity index (χ3v) is 4.92. The summed E-state index contributed by atoms with van der Waals surface area (Å²) in [6, 6.07) is 0. The number of rotatable bonds is 10. The van der Waals surface area contributed by atoms with Crippen molar-refractivity contribution >= 4 is 22.1 Å². The molecule has 0 saturated carbocycles. The summed E-state index contributed by atoms with van der Waals surface area (Å²) in [5, 5.41) is 21.9. The van der Waals surface area contributed by atoms with Gasteiger partial charge in [-0.05, 0) is 12.3 Å². The molecule has 0 aliphatic carbocycles. The fraction of sp³-hybridized carbons (Fsp3) is 0.833. The summed E-state index contributed by atoms with van der Waals surface area (Å²) in [6.45, 7) is 3.66. The van der Waals surface area contributed by atoms with Crippen LogP contribution in [0.3, 0.4) is 0 Å². The molecule has 2 unspecified atom stereocenters. The Bertz CT molecular complexity index is 443. The van der Waals surface area contributed by atoms with E-state index in [1.807, 2.05) is 6.92 Å².